The van der Waals surface area contributed by atoms with E-state index < -0.39 is 30.2 Å². The first-order valence-electron chi connectivity index (χ1n) is 8.85. The van der Waals surface area contributed by atoms with E-state index >= 15 is 0 Å². The average Bonchev–Trinajstić information content (AvgIpc) is 2.61. The highest BCUT2D eigenvalue weighted by Gasteiger charge is 2.15. The quantitative estimate of drug-likeness (QED) is 0.457. The predicted molar refractivity (Wildman–Crippen MR) is 103 cm³/mol. The molecular weight excluding hydrogens is 366 g/mol. The molecule has 0 fully saturated rings. The highest BCUT2D eigenvalue weighted by Crippen LogP contribution is 2.10. The Morgan fingerprint density at radius 3 is 2.46 bits per heavy atom. The van der Waals surface area contributed by atoms with Crippen LogP contribution in [0.5, 0.6) is 0 Å². The lowest BCUT2D eigenvalue weighted by Crippen LogP contribution is -2.33. The molecule has 0 aliphatic carbocycles. The Labute approximate surface area is 164 Å². The van der Waals surface area contributed by atoms with Gasteiger partial charge in [-0.1, -0.05) is 6.07 Å². The summed E-state index contributed by atoms with van der Waals surface area (Å²) in [7, 11) is 1.51. The van der Waals surface area contributed by atoms with Crippen molar-refractivity contribution in [1.82, 2.24) is 10.6 Å². The molecule has 0 saturated carbocycles. The second-order valence-corrected chi connectivity index (χ2v) is 6.90. The Bertz CT molecular complexity index is 712. The molecule has 0 heterocycles. The lowest BCUT2D eigenvalue weighted by Gasteiger charge is -2.19. The molecule has 1 aromatic carbocycles. The number of hydrogen-bond acceptors (Lipinski definition) is 6. The van der Waals surface area contributed by atoms with E-state index in [1.54, 1.807) is 39.0 Å². The predicted octanol–water partition coefficient (Wildman–Crippen LogP) is 1.83. The normalized spacial score (nSPS) is 10.6. The van der Waals surface area contributed by atoms with E-state index in [4.69, 9.17) is 9.47 Å². The maximum absolute atomic E-state index is 11.9. The first-order valence-corrected chi connectivity index (χ1v) is 8.85. The third-order valence-electron chi connectivity index (χ3n) is 3.23. The van der Waals surface area contributed by atoms with E-state index in [1.165, 1.54) is 13.1 Å². The molecule has 0 aromatic heterocycles. The number of hydrogen-bond donors (Lipinski definition) is 3. The van der Waals surface area contributed by atoms with Gasteiger partial charge in [-0.15, -0.1) is 0 Å². The Morgan fingerprint density at radius 2 is 1.82 bits per heavy atom. The highest BCUT2D eigenvalue weighted by molar-refractivity contribution is 5.97. The molecule has 0 radical (unpaired) electrons. The van der Waals surface area contributed by atoms with Crippen LogP contribution in [0.1, 0.15) is 44.0 Å². The smallest absolute Gasteiger partial charge is 0.407 e. The second kappa shape index (κ2) is 10.9. The maximum atomic E-state index is 11.9. The van der Waals surface area contributed by atoms with Crippen molar-refractivity contribution in [2.45, 2.75) is 39.2 Å². The number of alkyl carbamates (subject to hydrolysis) is 1. The summed E-state index contributed by atoms with van der Waals surface area (Å²) in [6, 6.07) is 6.37. The van der Waals surface area contributed by atoms with Gasteiger partial charge in [-0.3, -0.25) is 14.4 Å². The number of nitrogens with one attached hydrogen (secondary N) is 3. The molecule has 0 aliphatic heterocycles. The fraction of sp³-hybridized carbons (Fsp3) is 0.474. The van der Waals surface area contributed by atoms with Gasteiger partial charge in [0.05, 0.1) is 0 Å². The third kappa shape index (κ3) is 9.56. The molecular formula is C19H27N3O6. The summed E-state index contributed by atoms with van der Waals surface area (Å²) in [6.07, 6.45) is -0.150. The molecule has 0 atom stereocenters. The number of esters is 1. The Kier molecular flexibility index (Phi) is 8.94. The monoisotopic (exact) mass is 393 g/mol. The van der Waals surface area contributed by atoms with Gasteiger partial charge in [0.2, 0.25) is 0 Å². The van der Waals surface area contributed by atoms with Crippen molar-refractivity contribution < 1.29 is 28.7 Å². The number of ether oxygens (including phenoxy) is 2. The van der Waals surface area contributed by atoms with Gasteiger partial charge in [-0.25, -0.2) is 4.79 Å². The fourth-order valence-electron chi connectivity index (χ4n) is 2.04. The van der Waals surface area contributed by atoms with Gasteiger partial charge in [0.15, 0.2) is 6.61 Å². The summed E-state index contributed by atoms with van der Waals surface area (Å²) < 4.78 is 9.95. The van der Waals surface area contributed by atoms with E-state index in [-0.39, 0.29) is 18.9 Å². The number of anilines is 1. The summed E-state index contributed by atoms with van der Waals surface area (Å²) in [5.74, 6) is -1.35. The number of benzene rings is 1. The van der Waals surface area contributed by atoms with Gasteiger partial charge in [0.1, 0.15) is 5.60 Å². The highest BCUT2D eigenvalue weighted by atomic mass is 16.6. The van der Waals surface area contributed by atoms with Crippen LogP contribution in [-0.4, -0.2) is 49.7 Å². The Morgan fingerprint density at radius 1 is 1.11 bits per heavy atom. The van der Waals surface area contributed by atoms with Crippen LogP contribution in [-0.2, 0) is 19.1 Å². The van der Waals surface area contributed by atoms with Crippen molar-refractivity contribution in [1.29, 1.82) is 0 Å². The van der Waals surface area contributed by atoms with Crippen molar-refractivity contribution >= 4 is 29.6 Å². The van der Waals surface area contributed by atoms with E-state index in [0.717, 1.165) is 0 Å². The second-order valence-electron chi connectivity index (χ2n) is 6.90. The van der Waals surface area contributed by atoms with Crippen LogP contribution in [0.3, 0.4) is 0 Å². The molecule has 0 saturated heterocycles. The van der Waals surface area contributed by atoms with Crippen LogP contribution < -0.4 is 16.0 Å². The SMILES string of the molecule is CNC(=O)c1cccc(NC(=O)COC(=O)CCCNC(=O)OC(C)(C)C)c1. The zero-order valence-electron chi connectivity index (χ0n) is 16.6. The van der Waals surface area contributed by atoms with Crippen molar-refractivity contribution in [2.24, 2.45) is 0 Å². The van der Waals surface area contributed by atoms with E-state index in [2.05, 4.69) is 16.0 Å². The van der Waals surface area contributed by atoms with E-state index in [1.807, 2.05) is 0 Å². The molecule has 1 rings (SSSR count). The molecule has 28 heavy (non-hydrogen) atoms. The summed E-state index contributed by atoms with van der Waals surface area (Å²) in [6.45, 7) is 5.07. The summed E-state index contributed by atoms with van der Waals surface area (Å²) in [5.41, 5.74) is 0.231. The average molecular weight is 393 g/mol. The molecule has 9 heteroatoms. The number of carbonyl (C=O) groups is 4. The van der Waals surface area contributed by atoms with Crippen molar-refractivity contribution in [3.63, 3.8) is 0 Å². The lowest BCUT2D eigenvalue weighted by molar-refractivity contribution is -0.147. The van der Waals surface area contributed by atoms with Gasteiger partial charge in [0.25, 0.3) is 11.8 Å². The van der Waals surface area contributed by atoms with Gasteiger partial charge < -0.3 is 25.4 Å². The molecule has 3 amide bonds. The maximum Gasteiger partial charge on any atom is 0.407 e. The van der Waals surface area contributed by atoms with Crippen LogP contribution in [0.2, 0.25) is 0 Å². The minimum absolute atomic E-state index is 0.0508. The van der Waals surface area contributed by atoms with Gasteiger partial charge in [-0.05, 0) is 45.4 Å². The zero-order valence-corrected chi connectivity index (χ0v) is 16.6. The standard InChI is InChI=1S/C19H27N3O6/c1-19(2,3)28-18(26)21-10-6-9-16(24)27-12-15(23)22-14-8-5-7-13(11-14)17(25)20-4/h5,7-8,11H,6,9-10,12H2,1-4H3,(H,20,25)(H,21,26)(H,22,23). The fourth-order valence-corrected chi connectivity index (χ4v) is 2.04. The first kappa shape index (κ1) is 22.9. The molecule has 0 bridgehead atoms. The van der Waals surface area contributed by atoms with Gasteiger partial charge in [0, 0.05) is 31.3 Å². The number of carbonyl (C=O) groups excluding carboxylic acids is 4. The molecule has 0 aliphatic rings. The Hall–Kier alpha value is -3.10. The van der Waals surface area contributed by atoms with Crippen LogP contribution in [0.15, 0.2) is 24.3 Å². The van der Waals surface area contributed by atoms with Gasteiger partial charge in [-0.2, -0.15) is 0 Å². The van der Waals surface area contributed by atoms with Crippen LogP contribution in [0, 0.1) is 0 Å². The van der Waals surface area contributed by atoms with Crippen molar-refractivity contribution in [2.75, 3.05) is 25.5 Å². The van der Waals surface area contributed by atoms with Crippen LogP contribution >= 0.6 is 0 Å². The molecule has 3 N–H and O–H groups in total. The van der Waals surface area contributed by atoms with Crippen LogP contribution in [0.4, 0.5) is 10.5 Å². The van der Waals surface area contributed by atoms with Gasteiger partial charge >= 0.3 is 12.1 Å². The third-order valence-corrected chi connectivity index (χ3v) is 3.23. The minimum atomic E-state index is -0.587. The Balaban J connectivity index is 2.27. The largest absolute Gasteiger partial charge is 0.456 e. The van der Waals surface area contributed by atoms with Crippen LogP contribution in [0.25, 0.3) is 0 Å². The van der Waals surface area contributed by atoms with E-state index in [9.17, 15) is 19.2 Å². The zero-order chi connectivity index (χ0) is 21.2. The van der Waals surface area contributed by atoms with Crippen molar-refractivity contribution in [3.8, 4) is 0 Å². The molecule has 0 unspecified atom stereocenters. The van der Waals surface area contributed by atoms with E-state index in [0.29, 0.717) is 17.7 Å². The molecule has 154 valence electrons. The summed E-state index contributed by atoms with van der Waals surface area (Å²) >= 11 is 0. The number of amides is 3. The molecule has 0 spiro atoms. The molecule has 9 nitrogen and oxygen atoms in total. The first-order chi connectivity index (χ1) is 13.1. The number of rotatable bonds is 8. The minimum Gasteiger partial charge on any atom is -0.456 e. The lowest BCUT2D eigenvalue weighted by atomic mass is 10.2. The summed E-state index contributed by atoms with van der Waals surface area (Å²) in [4.78, 5) is 46.5. The topological polar surface area (TPSA) is 123 Å². The van der Waals surface area contributed by atoms with Crippen molar-refractivity contribution in [3.05, 3.63) is 29.8 Å². The summed E-state index contributed by atoms with van der Waals surface area (Å²) in [5, 5.41) is 7.57. The molecule has 1 aromatic rings.